The lowest BCUT2D eigenvalue weighted by molar-refractivity contribution is 0.480. The first kappa shape index (κ1) is 28.3. The third-order valence-corrected chi connectivity index (χ3v) is 10.4. The highest BCUT2D eigenvalue weighted by Crippen LogP contribution is 2.44. The van der Waals surface area contributed by atoms with Crippen LogP contribution in [-0.2, 0) is 30.1 Å². The zero-order valence-corrected chi connectivity index (χ0v) is 22.5. The van der Waals surface area contributed by atoms with Gasteiger partial charge in [0.25, 0.3) is 0 Å². The molecule has 13 nitrogen and oxygen atoms in total. The van der Waals surface area contributed by atoms with Crippen LogP contribution in [0, 0.1) is 0 Å². The smallest absolute Gasteiger partial charge is 0.241 e. The van der Waals surface area contributed by atoms with Gasteiger partial charge in [0, 0.05) is 77.7 Å². The Bertz CT molecular complexity index is 1780. The molecule has 4 rings (SSSR count). The van der Waals surface area contributed by atoms with E-state index in [0.717, 1.165) is 12.1 Å². The second-order valence-electron chi connectivity index (χ2n) is 8.40. The molecule has 0 unspecified atom stereocenters. The standard InChI is InChI=1S/C22H28N6O7S3/c23-5-8-26-36(30,31)18-11-17(29)13-1-2-15-19(37(32,33)27-9-6-24)12-20(38(34,35)28-10-7-25)16-4-3-14(18)21(13)22(15)16/h1-4,11-12,26-29H,5-10,23-25H2. The highest BCUT2D eigenvalue weighted by atomic mass is 32.2. The molecule has 0 aliphatic heterocycles. The molecular weight excluding hydrogens is 556 g/mol. The predicted molar refractivity (Wildman–Crippen MR) is 145 cm³/mol. The van der Waals surface area contributed by atoms with Crippen LogP contribution in [0.5, 0.6) is 5.75 Å². The van der Waals surface area contributed by atoms with Gasteiger partial charge in [-0.05, 0) is 12.1 Å². The fraction of sp³-hybridized carbons (Fsp3) is 0.273. The summed E-state index contributed by atoms with van der Waals surface area (Å²) < 4.78 is 86.2. The second-order valence-corrected chi connectivity index (χ2v) is 13.6. The molecule has 0 amide bonds. The topological polar surface area (TPSA) is 237 Å². The Kier molecular flexibility index (Phi) is 7.81. The molecule has 0 bridgehead atoms. The molecule has 0 aromatic heterocycles. The van der Waals surface area contributed by atoms with Crippen LogP contribution in [0.4, 0.5) is 0 Å². The Morgan fingerprint density at radius 3 is 1.24 bits per heavy atom. The zero-order valence-electron chi connectivity index (χ0n) is 20.1. The van der Waals surface area contributed by atoms with Gasteiger partial charge in [-0.25, -0.2) is 39.4 Å². The van der Waals surface area contributed by atoms with Crippen LogP contribution in [0.3, 0.4) is 0 Å². The summed E-state index contributed by atoms with van der Waals surface area (Å²) in [5, 5.41) is 11.7. The molecule has 0 heterocycles. The van der Waals surface area contributed by atoms with Gasteiger partial charge in [-0.2, -0.15) is 0 Å². The highest BCUT2D eigenvalue weighted by molar-refractivity contribution is 7.90. The number of sulfonamides is 3. The predicted octanol–water partition coefficient (Wildman–Crippen LogP) is -0.999. The first-order valence-electron chi connectivity index (χ1n) is 11.5. The third-order valence-electron chi connectivity index (χ3n) is 5.94. The zero-order chi connectivity index (χ0) is 27.9. The van der Waals surface area contributed by atoms with Gasteiger partial charge in [-0.1, -0.05) is 18.2 Å². The number of nitrogens with one attached hydrogen (secondary N) is 3. The summed E-state index contributed by atoms with van der Waals surface area (Å²) in [6.45, 7) is -0.236. The van der Waals surface area contributed by atoms with E-state index in [1.165, 1.54) is 24.3 Å². The number of hydrogen-bond donors (Lipinski definition) is 7. The lowest BCUT2D eigenvalue weighted by Gasteiger charge is -2.20. The summed E-state index contributed by atoms with van der Waals surface area (Å²) in [6, 6.07) is 7.84. The van der Waals surface area contributed by atoms with E-state index >= 15 is 0 Å². The highest BCUT2D eigenvalue weighted by Gasteiger charge is 2.29. The lowest BCUT2D eigenvalue weighted by atomic mass is 9.94. The number of rotatable bonds is 12. The molecule has 0 saturated carbocycles. The van der Waals surface area contributed by atoms with Crippen LogP contribution in [0.15, 0.2) is 51.1 Å². The van der Waals surface area contributed by atoms with E-state index in [1.807, 2.05) is 0 Å². The van der Waals surface area contributed by atoms with E-state index in [2.05, 4.69) is 14.2 Å². The van der Waals surface area contributed by atoms with Crippen molar-refractivity contribution in [3.63, 3.8) is 0 Å². The van der Waals surface area contributed by atoms with Crippen molar-refractivity contribution in [1.82, 2.24) is 14.2 Å². The number of hydrogen-bond acceptors (Lipinski definition) is 10. The molecule has 4 aromatic carbocycles. The molecule has 16 heteroatoms. The van der Waals surface area contributed by atoms with E-state index < -0.39 is 30.1 Å². The van der Waals surface area contributed by atoms with Crippen LogP contribution in [0.1, 0.15) is 0 Å². The molecule has 0 spiro atoms. The number of aromatic hydroxyl groups is 1. The van der Waals surface area contributed by atoms with Crippen LogP contribution >= 0.6 is 0 Å². The Hall–Kier alpha value is -2.67. The molecule has 0 fully saturated rings. The fourth-order valence-corrected chi connectivity index (χ4v) is 8.25. The van der Waals surface area contributed by atoms with Gasteiger partial charge >= 0.3 is 0 Å². The molecule has 0 radical (unpaired) electrons. The van der Waals surface area contributed by atoms with Gasteiger partial charge in [0.1, 0.15) is 5.75 Å². The van der Waals surface area contributed by atoms with Crippen molar-refractivity contribution in [2.45, 2.75) is 14.7 Å². The van der Waals surface area contributed by atoms with E-state index in [0.29, 0.717) is 0 Å². The van der Waals surface area contributed by atoms with Crippen molar-refractivity contribution >= 4 is 62.4 Å². The monoisotopic (exact) mass is 584 g/mol. The molecular formula is C22H28N6O7S3. The minimum absolute atomic E-state index is 0.000827. The van der Waals surface area contributed by atoms with Crippen LogP contribution in [0.25, 0.3) is 32.3 Å². The van der Waals surface area contributed by atoms with Gasteiger partial charge in [0.05, 0.1) is 14.7 Å². The molecule has 4 aromatic rings. The van der Waals surface area contributed by atoms with E-state index in [9.17, 15) is 30.4 Å². The average molecular weight is 585 g/mol. The van der Waals surface area contributed by atoms with Gasteiger partial charge in [0.2, 0.25) is 30.1 Å². The second kappa shape index (κ2) is 10.5. The number of phenolic OH excluding ortho intramolecular Hbond substituents is 1. The Labute approximate surface area is 219 Å². The van der Waals surface area contributed by atoms with E-state index in [-0.39, 0.29) is 92.0 Å². The molecule has 38 heavy (non-hydrogen) atoms. The van der Waals surface area contributed by atoms with E-state index in [1.54, 1.807) is 0 Å². The molecule has 206 valence electrons. The van der Waals surface area contributed by atoms with Crippen LogP contribution < -0.4 is 31.4 Å². The number of nitrogens with two attached hydrogens (primary N) is 3. The van der Waals surface area contributed by atoms with Gasteiger partial charge in [0.15, 0.2) is 0 Å². The van der Waals surface area contributed by atoms with Crippen LogP contribution in [-0.4, -0.2) is 69.6 Å². The Morgan fingerprint density at radius 2 is 0.868 bits per heavy atom. The minimum atomic E-state index is -4.27. The molecule has 0 aliphatic carbocycles. The maximum Gasteiger partial charge on any atom is 0.241 e. The summed E-state index contributed by atoms with van der Waals surface area (Å²) in [4.78, 5) is -0.976. The first-order valence-corrected chi connectivity index (χ1v) is 15.9. The van der Waals surface area contributed by atoms with Crippen molar-refractivity contribution < 1.29 is 30.4 Å². The largest absolute Gasteiger partial charge is 0.507 e. The Balaban J connectivity index is 2.21. The van der Waals surface area contributed by atoms with Crippen LogP contribution in [0.2, 0.25) is 0 Å². The molecule has 0 saturated heterocycles. The molecule has 0 aliphatic rings. The van der Waals surface area contributed by atoms with Crippen molar-refractivity contribution in [1.29, 1.82) is 0 Å². The minimum Gasteiger partial charge on any atom is -0.507 e. The summed E-state index contributed by atoms with van der Waals surface area (Å²) in [6.07, 6.45) is 0. The third kappa shape index (κ3) is 4.90. The normalized spacial score (nSPS) is 13.2. The van der Waals surface area contributed by atoms with Crippen molar-refractivity contribution in [2.24, 2.45) is 17.2 Å². The van der Waals surface area contributed by atoms with Crippen molar-refractivity contribution in [3.8, 4) is 5.75 Å². The lowest BCUT2D eigenvalue weighted by Crippen LogP contribution is -2.31. The van der Waals surface area contributed by atoms with Gasteiger partial charge < -0.3 is 22.3 Å². The van der Waals surface area contributed by atoms with E-state index in [4.69, 9.17) is 17.2 Å². The maximum atomic E-state index is 13.3. The summed E-state index contributed by atoms with van der Waals surface area (Å²) in [5.41, 5.74) is 16.4. The first-order chi connectivity index (χ1) is 17.9. The maximum absolute atomic E-state index is 13.3. The molecule has 0 atom stereocenters. The van der Waals surface area contributed by atoms with Gasteiger partial charge in [-0.15, -0.1) is 0 Å². The Morgan fingerprint density at radius 1 is 0.553 bits per heavy atom. The summed E-state index contributed by atoms with van der Waals surface area (Å²) in [5.74, 6) is -0.389. The summed E-state index contributed by atoms with van der Waals surface area (Å²) >= 11 is 0. The SMILES string of the molecule is NCCNS(=O)(=O)c1cc(O)c2ccc3c(S(=O)(=O)NCCN)cc(S(=O)(=O)NCCN)c4ccc1c2c34. The van der Waals surface area contributed by atoms with Gasteiger partial charge in [-0.3, -0.25) is 0 Å². The van der Waals surface area contributed by atoms with Crippen molar-refractivity contribution in [3.05, 3.63) is 36.4 Å². The average Bonchev–Trinajstić information content (AvgIpc) is 2.88. The quantitative estimate of drug-likeness (QED) is 0.100. The van der Waals surface area contributed by atoms with Crippen molar-refractivity contribution in [2.75, 3.05) is 39.3 Å². The summed E-state index contributed by atoms with van der Waals surface area (Å²) in [7, 11) is -12.7. The number of benzene rings is 4. The fourth-order valence-electron chi connectivity index (χ4n) is 4.36. The number of phenols is 1. The molecule has 10 N–H and O–H groups in total.